The Balaban J connectivity index is 2.16. The molecule has 0 saturated carbocycles. The fourth-order valence-corrected chi connectivity index (χ4v) is 1.68. The highest BCUT2D eigenvalue weighted by Crippen LogP contribution is 2.10. The smallest absolute Gasteiger partial charge is 0.0648 e. The van der Waals surface area contributed by atoms with Crippen LogP contribution in [0.25, 0.3) is 5.69 Å². The van der Waals surface area contributed by atoms with Crippen molar-refractivity contribution in [3.63, 3.8) is 0 Å². The molecule has 0 aliphatic heterocycles. The van der Waals surface area contributed by atoms with Gasteiger partial charge in [0.25, 0.3) is 0 Å². The highest BCUT2D eigenvalue weighted by Gasteiger charge is 2.00. The number of benzene rings is 1. The predicted molar refractivity (Wildman–Crippen MR) is 70.3 cm³/mol. The van der Waals surface area contributed by atoms with Crippen molar-refractivity contribution in [2.45, 2.75) is 33.4 Å². The van der Waals surface area contributed by atoms with Crippen LogP contribution >= 0.6 is 0 Å². The van der Waals surface area contributed by atoms with Gasteiger partial charge in [0.15, 0.2) is 0 Å². The number of rotatable bonds is 4. The van der Waals surface area contributed by atoms with Gasteiger partial charge in [-0.15, -0.1) is 0 Å². The van der Waals surface area contributed by atoms with Gasteiger partial charge >= 0.3 is 0 Å². The van der Waals surface area contributed by atoms with Gasteiger partial charge in [-0.05, 0) is 30.2 Å². The lowest BCUT2D eigenvalue weighted by molar-refractivity contribution is 0.588. The zero-order valence-electron chi connectivity index (χ0n) is 10.6. The molecule has 0 amide bonds. The molecule has 1 heterocycles. The van der Waals surface area contributed by atoms with Crippen LogP contribution in [0, 0.1) is 6.92 Å². The first-order chi connectivity index (χ1) is 8.15. The SMILES string of the molecule is Cc1cnn(-c2cccc(CNC(C)C)c2)c1. The summed E-state index contributed by atoms with van der Waals surface area (Å²) in [7, 11) is 0. The summed E-state index contributed by atoms with van der Waals surface area (Å²) < 4.78 is 1.91. The third kappa shape index (κ3) is 3.17. The minimum Gasteiger partial charge on any atom is -0.310 e. The Hall–Kier alpha value is -1.61. The Bertz CT molecular complexity index is 486. The van der Waals surface area contributed by atoms with E-state index in [0.29, 0.717) is 6.04 Å². The van der Waals surface area contributed by atoms with Crippen LogP contribution in [0.4, 0.5) is 0 Å². The van der Waals surface area contributed by atoms with Gasteiger partial charge in [0.2, 0.25) is 0 Å². The van der Waals surface area contributed by atoms with Gasteiger partial charge < -0.3 is 5.32 Å². The molecule has 3 heteroatoms. The number of hydrogen-bond donors (Lipinski definition) is 1. The Morgan fingerprint density at radius 2 is 2.18 bits per heavy atom. The van der Waals surface area contributed by atoms with E-state index >= 15 is 0 Å². The molecule has 90 valence electrons. The fraction of sp³-hybridized carbons (Fsp3) is 0.357. The van der Waals surface area contributed by atoms with Crippen molar-refractivity contribution in [1.82, 2.24) is 15.1 Å². The molecule has 2 rings (SSSR count). The number of nitrogens with zero attached hydrogens (tertiary/aromatic N) is 2. The minimum absolute atomic E-state index is 0.505. The van der Waals surface area contributed by atoms with Crippen LogP contribution in [0.2, 0.25) is 0 Å². The Morgan fingerprint density at radius 1 is 1.35 bits per heavy atom. The molecule has 17 heavy (non-hydrogen) atoms. The van der Waals surface area contributed by atoms with E-state index in [2.05, 4.69) is 48.5 Å². The topological polar surface area (TPSA) is 29.9 Å². The van der Waals surface area contributed by atoms with Crippen molar-refractivity contribution in [1.29, 1.82) is 0 Å². The van der Waals surface area contributed by atoms with Crippen LogP contribution in [-0.2, 0) is 6.54 Å². The Kier molecular flexibility index (Phi) is 3.59. The van der Waals surface area contributed by atoms with Gasteiger partial charge in [-0.2, -0.15) is 5.10 Å². The van der Waals surface area contributed by atoms with E-state index in [1.54, 1.807) is 0 Å². The van der Waals surface area contributed by atoms with Crippen LogP contribution in [0.3, 0.4) is 0 Å². The summed E-state index contributed by atoms with van der Waals surface area (Å²) in [6, 6.07) is 8.96. The molecule has 0 unspecified atom stereocenters. The zero-order valence-corrected chi connectivity index (χ0v) is 10.6. The molecule has 1 aromatic carbocycles. The van der Waals surface area contributed by atoms with Crippen molar-refractivity contribution >= 4 is 0 Å². The lowest BCUT2D eigenvalue weighted by Gasteiger charge is -2.09. The molecule has 0 radical (unpaired) electrons. The van der Waals surface area contributed by atoms with Crippen molar-refractivity contribution in [2.24, 2.45) is 0 Å². The largest absolute Gasteiger partial charge is 0.310 e. The number of aromatic nitrogens is 2. The third-order valence-electron chi connectivity index (χ3n) is 2.60. The number of nitrogens with one attached hydrogen (secondary N) is 1. The molecule has 0 atom stereocenters. The van der Waals surface area contributed by atoms with Gasteiger partial charge in [-0.3, -0.25) is 0 Å². The van der Waals surface area contributed by atoms with E-state index in [4.69, 9.17) is 0 Å². The van der Waals surface area contributed by atoms with E-state index in [-0.39, 0.29) is 0 Å². The molecule has 3 nitrogen and oxygen atoms in total. The normalized spacial score (nSPS) is 11.1. The summed E-state index contributed by atoms with van der Waals surface area (Å²) >= 11 is 0. The summed E-state index contributed by atoms with van der Waals surface area (Å²) in [4.78, 5) is 0. The highest BCUT2D eigenvalue weighted by molar-refractivity contribution is 5.35. The molecule has 1 N–H and O–H groups in total. The Morgan fingerprint density at radius 3 is 2.82 bits per heavy atom. The van der Waals surface area contributed by atoms with Crippen molar-refractivity contribution in [3.05, 3.63) is 47.8 Å². The summed E-state index contributed by atoms with van der Waals surface area (Å²) in [5.41, 5.74) is 3.57. The highest BCUT2D eigenvalue weighted by atomic mass is 15.3. The average molecular weight is 229 g/mol. The lowest BCUT2D eigenvalue weighted by atomic mass is 10.2. The first-order valence-corrected chi connectivity index (χ1v) is 5.99. The van der Waals surface area contributed by atoms with Crippen LogP contribution in [-0.4, -0.2) is 15.8 Å². The maximum atomic E-state index is 4.32. The maximum Gasteiger partial charge on any atom is 0.0648 e. The van der Waals surface area contributed by atoms with Crippen LogP contribution in [0.15, 0.2) is 36.7 Å². The molecule has 0 spiro atoms. The summed E-state index contributed by atoms with van der Waals surface area (Å²) in [5, 5.41) is 7.73. The minimum atomic E-state index is 0.505. The van der Waals surface area contributed by atoms with E-state index in [1.807, 2.05) is 24.0 Å². The zero-order chi connectivity index (χ0) is 12.3. The lowest BCUT2D eigenvalue weighted by Crippen LogP contribution is -2.21. The quantitative estimate of drug-likeness (QED) is 0.873. The molecule has 2 aromatic rings. The van der Waals surface area contributed by atoms with Crippen molar-refractivity contribution < 1.29 is 0 Å². The van der Waals surface area contributed by atoms with Crippen LogP contribution in [0.5, 0.6) is 0 Å². The fourth-order valence-electron chi connectivity index (χ4n) is 1.68. The van der Waals surface area contributed by atoms with Gasteiger partial charge in [0.1, 0.15) is 0 Å². The third-order valence-corrected chi connectivity index (χ3v) is 2.60. The van der Waals surface area contributed by atoms with E-state index < -0.39 is 0 Å². The molecular formula is C14H19N3. The first-order valence-electron chi connectivity index (χ1n) is 5.99. The molecule has 0 bridgehead atoms. The number of aryl methyl sites for hydroxylation is 1. The first kappa shape index (κ1) is 11.9. The summed E-state index contributed by atoms with van der Waals surface area (Å²) in [6.07, 6.45) is 3.91. The van der Waals surface area contributed by atoms with Crippen molar-refractivity contribution in [3.8, 4) is 5.69 Å². The molecule has 1 aromatic heterocycles. The Labute approximate surface area is 102 Å². The van der Waals surface area contributed by atoms with Gasteiger partial charge in [-0.1, -0.05) is 26.0 Å². The van der Waals surface area contributed by atoms with Crippen molar-refractivity contribution in [2.75, 3.05) is 0 Å². The average Bonchev–Trinajstić information content (AvgIpc) is 2.74. The standard InChI is InChI=1S/C14H19N3/c1-11(2)15-9-13-5-4-6-14(7-13)17-10-12(3)8-16-17/h4-8,10-11,15H,9H2,1-3H3. The van der Waals surface area contributed by atoms with Crippen LogP contribution in [0.1, 0.15) is 25.0 Å². The molecule has 0 fully saturated rings. The summed E-state index contributed by atoms with van der Waals surface area (Å²) in [6.45, 7) is 7.25. The monoisotopic (exact) mass is 229 g/mol. The van der Waals surface area contributed by atoms with E-state index in [9.17, 15) is 0 Å². The van der Waals surface area contributed by atoms with Gasteiger partial charge in [-0.25, -0.2) is 4.68 Å². The van der Waals surface area contributed by atoms with Crippen LogP contribution < -0.4 is 5.32 Å². The summed E-state index contributed by atoms with van der Waals surface area (Å²) in [5.74, 6) is 0. The maximum absolute atomic E-state index is 4.32. The van der Waals surface area contributed by atoms with E-state index in [0.717, 1.165) is 12.2 Å². The molecule has 0 aliphatic carbocycles. The second kappa shape index (κ2) is 5.15. The second-order valence-electron chi connectivity index (χ2n) is 4.67. The molecule has 0 saturated heterocycles. The second-order valence-corrected chi connectivity index (χ2v) is 4.67. The predicted octanol–water partition coefficient (Wildman–Crippen LogP) is 2.68. The van der Waals surface area contributed by atoms with Gasteiger partial charge in [0.05, 0.1) is 11.9 Å². The van der Waals surface area contributed by atoms with Gasteiger partial charge in [0, 0.05) is 18.8 Å². The molecular weight excluding hydrogens is 210 g/mol. The number of hydrogen-bond acceptors (Lipinski definition) is 2. The molecule has 0 aliphatic rings. The van der Waals surface area contributed by atoms with E-state index in [1.165, 1.54) is 11.1 Å².